The molecule has 0 aliphatic carbocycles. The molecule has 0 radical (unpaired) electrons. The number of ether oxygens (including phenoxy) is 1. The van der Waals surface area contributed by atoms with Gasteiger partial charge in [0.2, 0.25) is 0 Å². The quantitative estimate of drug-likeness (QED) is 0.817. The molecule has 2 rings (SSSR count). The molecule has 15 heavy (non-hydrogen) atoms. The lowest BCUT2D eigenvalue weighted by Crippen LogP contribution is -2.23. The number of hydrogen-bond donors (Lipinski definition) is 1. The molecule has 1 N–H and O–H groups in total. The van der Waals surface area contributed by atoms with Gasteiger partial charge in [-0.3, -0.25) is 0 Å². The van der Waals surface area contributed by atoms with Gasteiger partial charge in [-0.1, -0.05) is 18.2 Å². The van der Waals surface area contributed by atoms with Crippen molar-refractivity contribution in [1.29, 1.82) is 0 Å². The average Bonchev–Trinajstić information content (AvgIpc) is 2.71. The molecule has 0 amide bonds. The zero-order chi connectivity index (χ0) is 10.7. The van der Waals surface area contributed by atoms with Crippen LogP contribution in [0.5, 0.6) is 5.75 Å². The maximum Gasteiger partial charge on any atom is 0.125 e. The van der Waals surface area contributed by atoms with Crippen molar-refractivity contribution < 1.29 is 4.74 Å². The van der Waals surface area contributed by atoms with Gasteiger partial charge < -0.3 is 10.1 Å². The van der Waals surface area contributed by atoms with Crippen LogP contribution in [-0.4, -0.2) is 19.7 Å². The Bertz CT molecular complexity index is 329. The normalized spacial score (nSPS) is 20.5. The maximum absolute atomic E-state index is 5.46. The summed E-state index contributed by atoms with van der Waals surface area (Å²) in [7, 11) is 1.76. The van der Waals surface area contributed by atoms with Gasteiger partial charge in [0.25, 0.3) is 0 Å². The highest BCUT2D eigenvalue weighted by atomic mass is 16.5. The third-order valence-corrected chi connectivity index (χ3v) is 3.13. The minimum atomic E-state index is 0.640. The Morgan fingerprint density at radius 2 is 2.33 bits per heavy atom. The molecule has 1 unspecified atom stereocenters. The summed E-state index contributed by atoms with van der Waals surface area (Å²) < 4.78 is 5.46. The van der Waals surface area contributed by atoms with Gasteiger partial charge in [0.1, 0.15) is 5.75 Å². The molecule has 0 bridgehead atoms. The third-order valence-electron chi connectivity index (χ3n) is 3.13. The van der Waals surface area contributed by atoms with Gasteiger partial charge in [-0.25, -0.2) is 0 Å². The lowest BCUT2D eigenvalue weighted by atomic mass is 10.0. The van der Waals surface area contributed by atoms with Crippen LogP contribution in [0.4, 0.5) is 0 Å². The van der Waals surface area contributed by atoms with E-state index in [2.05, 4.69) is 30.4 Å². The van der Waals surface area contributed by atoms with E-state index in [4.69, 9.17) is 4.74 Å². The molecule has 0 spiro atoms. The molecule has 1 aliphatic heterocycles. The summed E-state index contributed by atoms with van der Waals surface area (Å²) in [5.41, 5.74) is 2.56. The fraction of sp³-hybridized carbons (Fsp3) is 0.538. The summed E-state index contributed by atoms with van der Waals surface area (Å²) in [5, 5.41) is 3.52. The van der Waals surface area contributed by atoms with Crippen LogP contribution in [0.3, 0.4) is 0 Å². The van der Waals surface area contributed by atoms with Crippen LogP contribution in [0.2, 0.25) is 0 Å². The van der Waals surface area contributed by atoms with E-state index in [1.165, 1.54) is 30.5 Å². The number of rotatable bonds is 3. The Morgan fingerprint density at radius 1 is 1.47 bits per heavy atom. The monoisotopic (exact) mass is 205 g/mol. The van der Waals surface area contributed by atoms with Crippen LogP contribution < -0.4 is 10.1 Å². The molecule has 1 fully saturated rings. The lowest BCUT2D eigenvalue weighted by molar-refractivity contribution is 0.403. The van der Waals surface area contributed by atoms with E-state index in [9.17, 15) is 0 Å². The van der Waals surface area contributed by atoms with E-state index >= 15 is 0 Å². The van der Waals surface area contributed by atoms with Gasteiger partial charge in [0, 0.05) is 6.04 Å². The Morgan fingerprint density at radius 3 is 3.00 bits per heavy atom. The van der Waals surface area contributed by atoms with Gasteiger partial charge >= 0.3 is 0 Å². The molecule has 1 heterocycles. The van der Waals surface area contributed by atoms with Crippen molar-refractivity contribution >= 4 is 0 Å². The second kappa shape index (κ2) is 4.67. The highest BCUT2D eigenvalue weighted by Gasteiger charge is 2.16. The number of para-hydroxylation sites is 1. The number of aryl methyl sites for hydroxylation is 1. The van der Waals surface area contributed by atoms with Crippen LogP contribution in [-0.2, 0) is 6.42 Å². The van der Waals surface area contributed by atoms with Crippen molar-refractivity contribution in [1.82, 2.24) is 5.32 Å². The number of benzene rings is 1. The highest BCUT2D eigenvalue weighted by molar-refractivity contribution is 5.41. The second-order valence-corrected chi connectivity index (χ2v) is 4.26. The van der Waals surface area contributed by atoms with E-state index in [0.29, 0.717) is 6.04 Å². The fourth-order valence-corrected chi connectivity index (χ4v) is 2.36. The first kappa shape index (κ1) is 10.5. The minimum absolute atomic E-state index is 0.640. The Hall–Kier alpha value is -1.02. The molecule has 2 nitrogen and oxygen atoms in total. The van der Waals surface area contributed by atoms with Crippen molar-refractivity contribution in [2.75, 3.05) is 13.7 Å². The Balaban J connectivity index is 2.15. The lowest BCUT2D eigenvalue weighted by Gasteiger charge is -2.14. The third kappa shape index (κ3) is 2.32. The van der Waals surface area contributed by atoms with Crippen LogP contribution in [0.1, 0.15) is 24.0 Å². The standard InChI is InChI=1S/C13H19NO/c1-10-5-3-6-11(13(10)15-2)9-12-7-4-8-14-12/h3,5-6,12,14H,4,7-9H2,1-2H3. The zero-order valence-electron chi connectivity index (χ0n) is 9.55. The highest BCUT2D eigenvalue weighted by Crippen LogP contribution is 2.25. The topological polar surface area (TPSA) is 21.3 Å². The van der Waals surface area contributed by atoms with Gasteiger partial charge in [0.05, 0.1) is 7.11 Å². The van der Waals surface area contributed by atoms with Crippen molar-refractivity contribution in [3.63, 3.8) is 0 Å². The van der Waals surface area contributed by atoms with Gasteiger partial charge in [-0.15, -0.1) is 0 Å². The average molecular weight is 205 g/mol. The minimum Gasteiger partial charge on any atom is -0.496 e. The number of methoxy groups -OCH3 is 1. The van der Waals surface area contributed by atoms with Gasteiger partial charge in [-0.05, 0) is 43.9 Å². The summed E-state index contributed by atoms with van der Waals surface area (Å²) in [5.74, 6) is 1.06. The summed E-state index contributed by atoms with van der Waals surface area (Å²) in [6.07, 6.45) is 3.68. The molecule has 1 atom stereocenters. The van der Waals surface area contributed by atoms with Gasteiger partial charge in [-0.2, -0.15) is 0 Å². The Kier molecular flexibility index (Phi) is 3.27. The maximum atomic E-state index is 5.46. The predicted molar refractivity (Wildman–Crippen MR) is 62.5 cm³/mol. The number of hydrogen-bond acceptors (Lipinski definition) is 2. The number of nitrogens with one attached hydrogen (secondary N) is 1. The summed E-state index contributed by atoms with van der Waals surface area (Å²) in [4.78, 5) is 0. The molecular weight excluding hydrogens is 186 g/mol. The summed E-state index contributed by atoms with van der Waals surface area (Å²) in [6.45, 7) is 3.27. The van der Waals surface area contributed by atoms with Crippen molar-refractivity contribution in [3.8, 4) is 5.75 Å². The van der Waals surface area contributed by atoms with Crippen molar-refractivity contribution in [3.05, 3.63) is 29.3 Å². The van der Waals surface area contributed by atoms with Crippen LogP contribution in [0.15, 0.2) is 18.2 Å². The molecule has 1 aromatic carbocycles. The van der Waals surface area contributed by atoms with Gasteiger partial charge in [0.15, 0.2) is 0 Å². The first-order valence-electron chi connectivity index (χ1n) is 5.67. The molecule has 1 aromatic rings. The fourth-order valence-electron chi connectivity index (χ4n) is 2.36. The molecule has 2 heteroatoms. The van der Waals surface area contributed by atoms with E-state index < -0.39 is 0 Å². The molecular formula is C13H19NO. The molecule has 1 saturated heterocycles. The largest absolute Gasteiger partial charge is 0.496 e. The van der Waals surface area contributed by atoms with E-state index in [1.807, 2.05) is 0 Å². The zero-order valence-corrected chi connectivity index (χ0v) is 9.55. The smallest absolute Gasteiger partial charge is 0.125 e. The molecule has 0 aromatic heterocycles. The first-order chi connectivity index (χ1) is 7.31. The van der Waals surface area contributed by atoms with E-state index in [1.54, 1.807) is 7.11 Å². The first-order valence-corrected chi connectivity index (χ1v) is 5.67. The van der Waals surface area contributed by atoms with Crippen molar-refractivity contribution in [2.45, 2.75) is 32.2 Å². The predicted octanol–water partition coefficient (Wildman–Crippen LogP) is 2.30. The van der Waals surface area contributed by atoms with Crippen LogP contribution in [0, 0.1) is 6.92 Å². The molecule has 0 saturated carbocycles. The molecule has 1 aliphatic rings. The SMILES string of the molecule is COc1c(C)cccc1CC1CCCN1. The molecule has 82 valence electrons. The summed E-state index contributed by atoms with van der Waals surface area (Å²) >= 11 is 0. The van der Waals surface area contributed by atoms with Crippen molar-refractivity contribution in [2.24, 2.45) is 0 Å². The van der Waals surface area contributed by atoms with E-state index in [0.717, 1.165) is 12.2 Å². The summed E-state index contributed by atoms with van der Waals surface area (Å²) in [6, 6.07) is 7.03. The van der Waals surface area contributed by atoms with Crippen LogP contribution in [0.25, 0.3) is 0 Å². The van der Waals surface area contributed by atoms with Crippen LogP contribution >= 0.6 is 0 Å². The Labute approximate surface area is 91.6 Å². The van der Waals surface area contributed by atoms with E-state index in [-0.39, 0.29) is 0 Å². The second-order valence-electron chi connectivity index (χ2n) is 4.26.